The second kappa shape index (κ2) is 5.50. The van der Waals surface area contributed by atoms with E-state index in [2.05, 4.69) is 9.97 Å². The number of halogens is 1. The highest BCUT2D eigenvalue weighted by Crippen LogP contribution is 2.21. The predicted molar refractivity (Wildman–Crippen MR) is 69.9 cm³/mol. The zero-order chi connectivity index (χ0) is 13.2. The summed E-state index contributed by atoms with van der Waals surface area (Å²) in [4.78, 5) is 8.18. The van der Waals surface area contributed by atoms with Crippen molar-refractivity contribution in [3.05, 3.63) is 23.2 Å². The largest absolute Gasteiger partial charge is 0.260 e. The van der Waals surface area contributed by atoms with Crippen LogP contribution in [0.25, 0.3) is 0 Å². The first-order valence-corrected chi connectivity index (χ1v) is 8.09. The minimum atomic E-state index is -3.09. The Hall–Kier alpha value is -0.720. The van der Waals surface area contributed by atoms with Gasteiger partial charge in [0, 0.05) is 19.3 Å². The molecular formula is C11H16ClN3O2S. The van der Waals surface area contributed by atoms with Crippen molar-refractivity contribution in [3.63, 3.8) is 0 Å². The van der Waals surface area contributed by atoms with Crippen molar-refractivity contribution in [1.29, 1.82) is 0 Å². The van der Waals surface area contributed by atoms with Crippen molar-refractivity contribution in [2.24, 2.45) is 5.92 Å². The van der Waals surface area contributed by atoms with Crippen LogP contribution in [0.15, 0.2) is 12.4 Å². The van der Waals surface area contributed by atoms with E-state index in [0.717, 1.165) is 25.0 Å². The van der Waals surface area contributed by atoms with Gasteiger partial charge in [0.2, 0.25) is 10.0 Å². The summed E-state index contributed by atoms with van der Waals surface area (Å²) in [5.41, 5.74) is 0.822. The van der Waals surface area contributed by atoms with Crippen molar-refractivity contribution >= 4 is 21.6 Å². The Morgan fingerprint density at radius 3 is 2.94 bits per heavy atom. The molecule has 0 radical (unpaired) electrons. The minimum absolute atomic E-state index is 0.293. The van der Waals surface area contributed by atoms with E-state index >= 15 is 0 Å². The number of nitrogens with zero attached hydrogens (tertiary/aromatic N) is 3. The number of hydrogen-bond acceptors (Lipinski definition) is 4. The fourth-order valence-electron chi connectivity index (χ4n) is 2.27. The van der Waals surface area contributed by atoms with E-state index in [1.807, 2.05) is 0 Å². The van der Waals surface area contributed by atoms with Crippen LogP contribution in [0.2, 0.25) is 5.15 Å². The summed E-state index contributed by atoms with van der Waals surface area (Å²) in [5.74, 6) is 0.293. The van der Waals surface area contributed by atoms with Gasteiger partial charge in [0.15, 0.2) is 0 Å². The Bertz CT molecular complexity index is 521. The molecule has 0 saturated carbocycles. The van der Waals surface area contributed by atoms with Gasteiger partial charge in [0.25, 0.3) is 0 Å². The van der Waals surface area contributed by atoms with Gasteiger partial charge in [-0.15, -0.1) is 0 Å². The lowest BCUT2D eigenvalue weighted by atomic mass is 9.95. The molecule has 0 aromatic carbocycles. The third-order valence-corrected chi connectivity index (χ3v) is 4.56. The molecule has 1 aliphatic heterocycles. The van der Waals surface area contributed by atoms with Gasteiger partial charge in [-0.2, -0.15) is 0 Å². The first-order chi connectivity index (χ1) is 8.45. The summed E-state index contributed by atoms with van der Waals surface area (Å²) in [7, 11) is -3.09. The van der Waals surface area contributed by atoms with Crippen LogP contribution in [-0.2, 0) is 16.4 Å². The first-order valence-electron chi connectivity index (χ1n) is 5.86. The lowest BCUT2D eigenvalue weighted by molar-refractivity contribution is 0.265. The number of piperidine rings is 1. The lowest BCUT2D eigenvalue weighted by Crippen LogP contribution is -2.39. The number of aromatic nitrogens is 2. The van der Waals surface area contributed by atoms with E-state index in [0.29, 0.717) is 24.2 Å². The molecule has 0 unspecified atom stereocenters. The summed E-state index contributed by atoms with van der Waals surface area (Å²) in [6.45, 7) is 1.18. The average Bonchev–Trinajstić information content (AvgIpc) is 2.28. The number of rotatable bonds is 3. The summed E-state index contributed by atoms with van der Waals surface area (Å²) in [6, 6.07) is 0. The molecule has 2 rings (SSSR count). The van der Waals surface area contributed by atoms with Crippen molar-refractivity contribution in [2.75, 3.05) is 19.3 Å². The molecule has 1 atom stereocenters. The minimum Gasteiger partial charge on any atom is -0.260 e. The highest BCUT2D eigenvalue weighted by atomic mass is 35.5. The Morgan fingerprint density at radius 2 is 2.28 bits per heavy atom. The topological polar surface area (TPSA) is 63.2 Å². The fraction of sp³-hybridized carbons (Fsp3) is 0.636. The molecule has 7 heteroatoms. The molecule has 1 aliphatic rings. The summed E-state index contributed by atoms with van der Waals surface area (Å²) in [6.07, 6.45) is 7.07. The molecule has 1 aromatic rings. The Labute approximate surface area is 112 Å². The quantitative estimate of drug-likeness (QED) is 0.842. The highest BCUT2D eigenvalue weighted by Gasteiger charge is 2.26. The van der Waals surface area contributed by atoms with E-state index < -0.39 is 10.0 Å². The molecular weight excluding hydrogens is 274 g/mol. The van der Waals surface area contributed by atoms with Crippen LogP contribution in [0.4, 0.5) is 0 Å². The monoisotopic (exact) mass is 289 g/mol. The molecule has 18 heavy (non-hydrogen) atoms. The molecule has 0 spiro atoms. The van der Waals surface area contributed by atoms with Crippen LogP contribution >= 0.6 is 11.6 Å². The van der Waals surface area contributed by atoms with Crippen LogP contribution < -0.4 is 0 Å². The van der Waals surface area contributed by atoms with Crippen LogP contribution in [0, 0.1) is 5.92 Å². The van der Waals surface area contributed by atoms with Gasteiger partial charge in [0.05, 0.1) is 18.1 Å². The zero-order valence-corrected chi connectivity index (χ0v) is 11.8. The Balaban J connectivity index is 2.02. The third-order valence-electron chi connectivity index (χ3n) is 3.10. The van der Waals surface area contributed by atoms with E-state index in [9.17, 15) is 8.42 Å². The van der Waals surface area contributed by atoms with Gasteiger partial charge in [0.1, 0.15) is 5.15 Å². The molecule has 2 heterocycles. The highest BCUT2D eigenvalue weighted by molar-refractivity contribution is 7.88. The molecule has 1 saturated heterocycles. The number of hydrogen-bond donors (Lipinski definition) is 0. The van der Waals surface area contributed by atoms with Gasteiger partial charge >= 0.3 is 0 Å². The molecule has 0 N–H and O–H groups in total. The number of sulfonamides is 1. The Morgan fingerprint density at radius 1 is 1.50 bits per heavy atom. The maximum Gasteiger partial charge on any atom is 0.211 e. The lowest BCUT2D eigenvalue weighted by Gasteiger charge is -2.30. The van der Waals surface area contributed by atoms with Crippen molar-refractivity contribution in [3.8, 4) is 0 Å². The fourth-order valence-corrected chi connectivity index (χ4v) is 3.38. The Kier molecular flexibility index (Phi) is 4.19. The van der Waals surface area contributed by atoms with E-state index in [4.69, 9.17) is 11.6 Å². The predicted octanol–water partition coefficient (Wildman–Crippen LogP) is 1.34. The average molecular weight is 290 g/mol. The molecule has 0 aliphatic carbocycles. The van der Waals surface area contributed by atoms with Gasteiger partial charge < -0.3 is 0 Å². The van der Waals surface area contributed by atoms with Crippen molar-refractivity contribution in [2.45, 2.75) is 19.3 Å². The summed E-state index contributed by atoms with van der Waals surface area (Å²) in [5, 5.41) is 0.378. The standard InChI is InChI=1S/C11H16ClN3O2S/c1-18(16,17)15-4-2-3-9(8-15)5-10-6-13-7-11(12)14-10/h6-7,9H,2-5,8H2,1H3/t9-/m0/s1. The maximum atomic E-state index is 11.5. The summed E-state index contributed by atoms with van der Waals surface area (Å²) < 4.78 is 24.6. The smallest absolute Gasteiger partial charge is 0.211 e. The van der Waals surface area contributed by atoms with Gasteiger partial charge in [-0.1, -0.05) is 11.6 Å². The van der Waals surface area contributed by atoms with Crippen LogP contribution in [0.1, 0.15) is 18.5 Å². The van der Waals surface area contributed by atoms with Crippen molar-refractivity contribution < 1.29 is 8.42 Å². The van der Waals surface area contributed by atoms with Gasteiger partial charge in [-0.3, -0.25) is 4.98 Å². The van der Waals surface area contributed by atoms with Gasteiger partial charge in [-0.05, 0) is 25.2 Å². The molecule has 1 fully saturated rings. The third kappa shape index (κ3) is 3.63. The van der Waals surface area contributed by atoms with E-state index in [-0.39, 0.29) is 0 Å². The molecule has 100 valence electrons. The van der Waals surface area contributed by atoms with Gasteiger partial charge in [-0.25, -0.2) is 17.7 Å². The first kappa shape index (κ1) is 13.7. The van der Waals surface area contributed by atoms with E-state index in [1.165, 1.54) is 12.5 Å². The van der Waals surface area contributed by atoms with Crippen molar-refractivity contribution in [1.82, 2.24) is 14.3 Å². The van der Waals surface area contributed by atoms with Crippen LogP contribution in [0.5, 0.6) is 0 Å². The van der Waals surface area contributed by atoms with E-state index in [1.54, 1.807) is 10.5 Å². The molecule has 0 bridgehead atoms. The molecule has 1 aromatic heterocycles. The van der Waals surface area contributed by atoms with Crippen LogP contribution in [0.3, 0.4) is 0 Å². The van der Waals surface area contributed by atoms with Crippen LogP contribution in [-0.4, -0.2) is 42.0 Å². The molecule has 5 nitrogen and oxygen atoms in total. The normalized spacial score (nSPS) is 22.0. The second-order valence-corrected chi connectivity index (χ2v) is 7.04. The zero-order valence-electron chi connectivity index (χ0n) is 10.2. The SMILES string of the molecule is CS(=O)(=O)N1CCC[C@@H](Cc2cncc(Cl)n2)C1. The second-order valence-electron chi connectivity index (χ2n) is 4.67. The summed E-state index contributed by atoms with van der Waals surface area (Å²) >= 11 is 5.78. The molecule has 0 amide bonds. The maximum absolute atomic E-state index is 11.5.